The van der Waals surface area contributed by atoms with Crippen molar-refractivity contribution in [2.75, 3.05) is 11.9 Å². The number of anilines is 1. The number of hydrogen-bond acceptors (Lipinski definition) is 5. The molecule has 2 heterocycles. The number of hydrogen-bond donors (Lipinski definition) is 2. The number of aromatic nitrogens is 1. The van der Waals surface area contributed by atoms with Crippen molar-refractivity contribution in [3.8, 4) is 5.75 Å². The number of amides is 2. The van der Waals surface area contributed by atoms with Gasteiger partial charge in [-0.25, -0.2) is 4.98 Å². The van der Waals surface area contributed by atoms with Crippen molar-refractivity contribution in [1.29, 1.82) is 0 Å². The Morgan fingerprint density at radius 3 is 3.05 bits per heavy atom. The highest BCUT2D eigenvalue weighted by atomic mass is 32.1. The molecule has 0 saturated carbocycles. The molecular weight excluding hydrogens is 302 g/mol. The Hall–Kier alpha value is -2.41. The molecule has 0 aliphatic carbocycles. The van der Waals surface area contributed by atoms with Crippen molar-refractivity contribution in [2.45, 2.75) is 19.9 Å². The number of nitrogens with zero attached hydrogens (tertiary/aromatic N) is 1. The summed E-state index contributed by atoms with van der Waals surface area (Å²) in [7, 11) is 0. The summed E-state index contributed by atoms with van der Waals surface area (Å²) in [5.74, 6) is 0.312. The van der Waals surface area contributed by atoms with E-state index in [4.69, 9.17) is 4.74 Å². The van der Waals surface area contributed by atoms with Gasteiger partial charge in [-0.1, -0.05) is 6.07 Å². The first kappa shape index (κ1) is 14.5. The summed E-state index contributed by atoms with van der Waals surface area (Å²) < 4.78 is 5.32. The first-order chi connectivity index (χ1) is 10.5. The maximum absolute atomic E-state index is 12.2. The van der Waals surface area contributed by atoms with Crippen LogP contribution in [0.15, 0.2) is 23.7 Å². The molecule has 1 aliphatic rings. The van der Waals surface area contributed by atoms with Crippen LogP contribution in [0.4, 0.5) is 5.69 Å². The molecule has 22 heavy (non-hydrogen) atoms. The summed E-state index contributed by atoms with van der Waals surface area (Å²) >= 11 is 1.32. The molecule has 1 aromatic carbocycles. The van der Waals surface area contributed by atoms with Crippen molar-refractivity contribution in [3.05, 3.63) is 39.8 Å². The van der Waals surface area contributed by atoms with E-state index >= 15 is 0 Å². The number of fused-ring (bicyclic) bond motifs is 1. The van der Waals surface area contributed by atoms with E-state index in [0.29, 0.717) is 16.3 Å². The van der Waals surface area contributed by atoms with Crippen LogP contribution < -0.4 is 15.4 Å². The number of ether oxygens (including phenoxy) is 1. The lowest BCUT2D eigenvalue weighted by Gasteiger charge is -2.20. The van der Waals surface area contributed by atoms with Crippen molar-refractivity contribution in [2.24, 2.45) is 0 Å². The Morgan fingerprint density at radius 2 is 2.32 bits per heavy atom. The largest absolute Gasteiger partial charge is 0.482 e. The van der Waals surface area contributed by atoms with Gasteiger partial charge in [-0.3, -0.25) is 9.59 Å². The average Bonchev–Trinajstić information content (AvgIpc) is 2.92. The zero-order valence-electron chi connectivity index (χ0n) is 12.2. The molecule has 0 spiro atoms. The summed E-state index contributed by atoms with van der Waals surface area (Å²) in [4.78, 5) is 28.3. The zero-order valence-corrected chi connectivity index (χ0v) is 13.0. The van der Waals surface area contributed by atoms with Gasteiger partial charge < -0.3 is 15.4 Å². The second kappa shape index (κ2) is 5.76. The SMILES string of the molecule is Cc1ncsc1C(=O)N[C@H](C)c1ccc2c(c1)NC(=O)CO2. The van der Waals surface area contributed by atoms with Crippen LogP contribution in [0.25, 0.3) is 0 Å². The smallest absolute Gasteiger partial charge is 0.263 e. The van der Waals surface area contributed by atoms with Gasteiger partial charge in [0.25, 0.3) is 11.8 Å². The minimum atomic E-state index is -0.196. The molecule has 2 amide bonds. The van der Waals surface area contributed by atoms with Gasteiger partial charge in [0.2, 0.25) is 0 Å². The van der Waals surface area contributed by atoms with Crippen molar-refractivity contribution in [1.82, 2.24) is 10.3 Å². The lowest BCUT2D eigenvalue weighted by molar-refractivity contribution is -0.118. The molecule has 1 atom stereocenters. The third kappa shape index (κ3) is 2.80. The monoisotopic (exact) mass is 317 g/mol. The van der Waals surface area contributed by atoms with Gasteiger partial charge in [-0.15, -0.1) is 11.3 Å². The van der Waals surface area contributed by atoms with Gasteiger partial charge in [-0.2, -0.15) is 0 Å². The van der Waals surface area contributed by atoms with Crippen LogP contribution in [-0.2, 0) is 4.79 Å². The van der Waals surface area contributed by atoms with Crippen molar-refractivity contribution >= 4 is 28.8 Å². The predicted octanol–water partition coefficient (Wildman–Crippen LogP) is 2.27. The number of benzene rings is 1. The minimum absolute atomic E-state index is 0.0310. The Morgan fingerprint density at radius 1 is 1.50 bits per heavy atom. The van der Waals surface area contributed by atoms with E-state index in [9.17, 15) is 9.59 Å². The van der Waals surface area contributed by atoms with E-state index in [1.165, 1.54) is 11.3 Å². The number of nitrogens with one attached hydrogen (secondary N) is 2. The highest BCUT2D eigenvalue weighted by molar-refractivity contribution is 7.11. The average molecular weight is 317 g/mol. The number of aryl methyl sites for hydroxylation is 1. The standard InChI is InChI=1S/C15H15N3O3S/c1-8(17-15(20)14-9(2)16-7-22-14)10-3-4-12-11(5-10)18-13(19)6-21-12/h3-5,7-8H,6H2,1-2H3,(H,17,20)(H,18,19)/t8-/m1/s1. The predicted molar refractivity (Wildman–Crippen MR) is 83.3 cm³/mol. The molecule has 2 N–H and O–H groups in total. The molecule has 0 radical (unpaired) electrons. The third-order valence-corrected chi connectivity index (χ3v) is 4.36. The maximum atomic E-state index is 12.2. The Bertz CT molecular complexity index is 741. The summed E-state index contributed by atoms with van der Waals surface area (Å²) in [5.41, 5.74) is 3.89. The molecule has 114 valence electrons. The highest BCUT2D eigenvalue weighted by Gasteiger charge is 2.19. The molecule has 1 aromatic heterocycles. The van der Waals surface area contributed by atoms with E-state index < -0.39 is 0 Å². The zero-order chi connectivity index (χ0) is 15.7. The van der Waals surface area contributed by atoms with Crippen LogP contribution in [0, 0.1) is 6.92 Å². The quantitative estimate of drug-likeness (QED) is 0.910. The van der Waals surface area contributed by atoms with Gasteiger partial charge in [0.15, 0.2) is 6.61 Å². The Balaban J connectivity index is 1.76. The van der Waals surface area contributed by atoms with Crippen LogP contribution in [0.3, 0.4) is 0 Å². The normalized spacial score (nSPS) is 14.5. The van der Waals surface area contributed by atoms with Crippen molar-refractivity contribution in [3.63, 3.8) is 0 Å². The molecule has 3 rings (SSSR count). The summed E-state index contributed by atoms with van der Waals surface area (Å²) in [6.07, 6.45) is 0. The summed E-state index contributed by atoms with van der Waals surface area (Å²) in [6, 6.07) is 5.29. The fourth-order valence-electron chi connectivity index (χ4n) is 2.24. The fraction of sp³-hybridized carbons (Fsp3) is 0.267. The molecular formula is C15H15N3O3S. The molecule has 0 saturated heterocycles. The Kier molecular flexibility index (Phi) is 3.81. The van der Waals surface area contributed by atoms with Crippen LogP contribution >= 0.6 is 11.3 Å². The number of rotatable bonds is 3. The van der Waals surface area contributed by atoms with Gasteiger partial charge in [-0.05, 0) is 31.5 Å². The van der Waals surface area contributed by atoms with Crippen LogP contribution in [0.2, 0.25) is 0 Å². The van der Waals surface area contributed by atoms with Gasteiger partial charge in [0.05, 0.1) is 22.9 Å². The molecule has 6 nitrogen and oxygen atoms in total. The molecule has 1 aliphatic heterocycles. The van der Waals surface area contributed by atoms with E-state index in [-0.39, 0.29) is 24.5 Å². The number of thiazole rings is 1. The fourth-order valence-corrected chi connectivity index (χ4v) is 2.94. The number of carbonyl (C=O) groups is 2. The number of carbonyl (C=O) groups excluding carboxylic acids is 2. The van der Waals surface area contributed by atoms with Crippen LogP contribution in [0.1, 0.15) is 33.9 Å². The lowest BCUT2D eigenvalue weighted by atomic mass is 10.1. The molecule has 2 aromatic rings. The van der Waals surface area contributed by atoms with E-state index in [0.717, 1.165) is 11.3 Å². The van der Waals surface area contributed by atoms with Crippen LogP contribution in [0.5, 0.6) is 5.75 Å². The molecule has 0 fully saturated rings. The van der Waals surface area contributed by atoms with E-state index in [1.54, 1.807) is 11.6 Å². The molecule has 7 heteroatoms. The first-order valence-corrected chi connectivity index (χ1v) is 7.70. The highest BCUT2D eigenvalue weighted by Crippen LogP contribution is 2.30. The second-order valence-electron chi connectivity index (χ2n) is 5.05. The van der Waals surface area contributed by atoms with Gasteiger partial charge in [0, 0.05) is 0 Å². The minimum Gasteiger partial charge on any atom is -0.482 e. The van der Waals surface area contributed by atoms with E-state index in [2.05, 4.69) is 15.6 Å². The van der Waals surface area contributed by atoms with Crippen LogP contribution in [-0.4, -0.2) is 23.4 Å². The lowest BCUT2D eigenvalue weighted by Crippen LogP contribution is -2.28. The topological polar surface area (TPSA) is 80.3 Å². The third-order valence-electron chi connectivity index (χ3n) is 3.44. The van der Waals surface area contributed by atoms with Gasteiger partial charge >= 0.3 is 0 Å². The van der Waals surface area contributed by atoms with Crippen molar-refractivity contribution < 1.29 is 14.3 Å². The maximum Gasteiger partial charge on any atom is 0.263 e. The second-order valence-corrected chi connectivity index (χ2v) is 5.91. The van der Waals surface area contributed by atoms with Gasteiger partial charge in [0.1, 0.15) is 10.6 Å². The Labute approximate surface area is 131 Å². The first-order valence-electron chi connectivity index (χ1n) is 6.82. The summed E-state index contributed by atoms with van der Waals surface area (Å²) in [6.45, 7) is 3.73. The summed E-state index contributed by atoms with van der Waals surface area (Å²) in [5, 5.41) is 5.70. The molecule has 0 bridgehead atoms. The van der Waals surface area contributed by atoms with E-state index in [1.807, 2.05) is 26.0 Å². The molecule has 0 unspecified atom stereocenters.